The second-order valence-corrected chi connectivity index (χ2v) is 6.25. The predicted molar refractivity (Wildman–Crippen MR) is 95.8 cm³/mol. The van der Waals surface area contributed by atoms with Crippen molar-refractivity contribution in [3.8, 4) is 17.0 Å². The van der Waals surface area contributed by atoms with Crippen LogP contribution in [0.15, 0.2) is 41.8 Å². The Morgan fingerprint density at radius 2 is 2.00 bits per heavy atom. The molecule has 0 saturated carbocycles. The largest absolute Gasteiger partial charge is 0.497 e. The van der Waals surface area contributed by atoms with Gasteiger partial charge in [0.2, 0.25) is 0 Å². The molecular weight excluding hydrogens is 322 g/mol. The minimum Gasteiger partial charge on any atom is -0.497 e. The number of thiazole rings is 1. The third-order valence-corrected chi connectivity index (χ3v) is 4.18. The van der Waals surface area contributed by atoms with E-state index in [-0.39, 0.29) is 5.91 Å². The monoisotopic (exact) mass is 339 g/mol. The molecule has 0 aliphatic heterocycles. The molecule has 2 heterocycles. The molecule has 6 heteroatoms. The summed E-state index contributed by atoms with van der Waals surface area (Å²) in [5.74, 6) is 0.513. The van der Waals surface area contributed by atoms with Crippen LogP contribution in [0, 0.1) is 13.8 Å². The van der Waals surface area contributed by atoms with Crippen molar-refractivity contribution in [1.82, 2.24) is 9.97 Å². The van der Waals surface area contributed by atoms with Crippen molar-refractivity contribution in [2.45, 2.75) is 13.8 Å². The number of aromatic nitrogens is 2. The summed E-state index contributed by atoms with van der Waals surface area (Å²) in [4.78, 5) is 21.1. The second-order valence-electron chi connectivity index (χ2n) is 5.40. The van der Waals surface area contributed by atoms with Gasteiger partial charge < -0.3 is 4.74 Å². The molecule has 0 radical (unpaired) electrons. The smallest absolute Gasteiger partial charge is 0.276 e. The molecule has 0 unspecified atom stereocenters. The Balaban J connectivity index is 1.79. The van der Waals surface area contributed by atoms with Gasteiger partial charge in [0.15, 0.2) is 5.13 Å². The fourth-order valence-electron chi connectivity index (χ4n) is 2.36. The molecule has 1 aromatic carbocycles. The van der Waals surface area contributed by atoms with Crippen molar-refractivity contribution in [1.29, 1.82) is 0 Å². The number of carbonyl (C=O) groups is 1. The lowest BCUT2D eigenvalue weighted by Crippen LogP contribution is -2.14. The lowest BCUT2D eigenvalue weighted by atomic mass is 10.2. The standard InChI is InChI=1S/C18H17N3O2S/c1-11-7-12(2)19-15(8-11)17(22)21-18-20-16(10-24-18)13-5-4-6-14(9-13)23-3/h4-10H,1-3H3,(H,20,21,22). The Hall–Kier alpha value is -2.73. The summed E-state index contributed by atoms with van der Waals surface area (Å²) in [5, 5.41) is 5.25. The first-order valence-electron chi connectivity index (χ1n) is 7.42. The van der Waals surface area contributed by atoms with Crippen LogP contribution in [0.2, 0.25) is 0 Å². The molecule has 0 saturated heterocycles. The van der Waals surface area contributed by atoms with E-state index < -0.39 is 0 Å². The molecule has 1 amide bonds. The van der Waals surface area contributed by atoms with Gasteiger partial charge >= 0.3 is 0 Å². The number of aryl methyl sites for hydroxylation is 2. The number of ether oxygens (including phenoxy) is 1. The zero-order valence-electron chi connectivity index (χ0n) is 13.7. The van der Waals surface area contributed by atoms with Crippen molar-refractivity contribution < 1.29 is 9.53 Å². The summed E-state index contributed by atoms with van der Waals surface area (Å²) >= 11 is 1.38. The molecule has 0 atom stereocenters. The van der Waals surface area contributed by atoms with E-state index in [0.717, 1.165) is 28.3 Å². The predicted octanol–water partition coefficient (Wildman–Crippen LogP) is 4.08. The number of rotatable bonds is 4. The Morgan fingerprint density at radius 3 is 2.75 bits per heavy atom. The van der Waals surface area contributed by atoms with Gasteiger partial charge in [0.25, 0.3) is 5.91 Å². The van der Waals surface area contributed by atoms with Gasteiger partial charge in [-0.05, 0) is 43.7 Å². The summed E-state index contributed by atoms with van der Waals surface area (Å²) in [6.45, 7) is 3.81. The van der Waals surface area contributed by atoms with Gasteiger partial charge in [-0.1, -0.05) is 12.1 Å². The maximum atomic E-state index is 12.3. The average molecular weight is 339 g/mol. The van der Waals surface area contributed by atoms with Gasteiger partial charge in [-0.3, -0.25) is 10.1 Å². The van der Waals surface area contributed by atoms with Gasteiger partial charge in [-0.25, -0.2) is 9.97 Å². The summed E-state index contributed by atoms with van der Waals surface area (Å²) in [6.07, 6.45) is 0. The van der Waals surface area contributed by atoms with Crippen LogP contribution in [0.3, 0.4) is 0 Å². The Labute approximate surface area is 144 Å². The highest BCUT2D eigenvalue weighted by atomic mass is 32.1. The van der Waals surface area contributed by atoms with E-state index in [1.807, 2.05) is 49.6 Å². The number of hydrogen-bond donors (Lipinski definition) is 1. The molecule has 3 aromatic rings. The number of anilines is 1. The highest BCUT2D eigenvalue weighted by Crippen LogP contribution is 2.27. The fourth-order valence-corrected chi connectivity index (χ4v) is 3.08. The molecule has 0 aliphatic carbocycles. The Kier molecular flexibility index (Phi) is 4.57. The molecule has 0 fully saturated rings. The number of hydrogen-bond acceptors (Lipinski definition) is 5. The molecule has 2 aromatic heterocycles. The summed E-state index contributed by atoms with van der Waals surface area (Å²) < 4.78 is 5.23. The van der Waals surface area contributed by atoms with Crippen LogP contribution in [0.25, 0.3) is 11.3 Å². The van der Waals surface area contributed by atoms with Crippen molar-refractivity contribution >= 4 is 22.4 Å². The molecule has 122 valence electrons. The lowest BCUT2D eigenvalue weighted by molar-refractivity contribution is 0.102. The van der Waals surface area contributed by atoms with Gasteiger partial charge in [0, 0.05) is 16.6 Å². The number of nitrogens with one attached hydrogen (secondary N) is 1. The van der Waals surface area contributed by atoms with Crippen molar-refractivity contribution in [2.24, 2.45) is 0 Å². The van der Waals surface area contributed by atoms with E-state index in [2.05, 4.69) is 15.3 Å². The van der Waals surface area contributed by atoms with Crippen LogP contribution >= 0.6 is 11.3 Å². The van der Waals surface area contributed by atoms with Crippen LogP contribution in [-0.4, -0.2) is 23.0 Å². The van der Waals surface area contributed by atoms with Crippen LogP contribution in [0.1, 0.15) is 21.7 Å². The van der Waals surface area contributed by atoms with Crippen molar-refractivity contribution in [3.05, 3.63) is 58.7 Å². The Morgan fingerprint density at radius 1 is 1.17 bits per heavy atom. The zero-order valence-corrected chi connectivity index (χ0v) is 14.5. The number of benzene rings is 1. The van der Waals surface area contributed by atoms with Crippen LogP contribution < -0.4 is 10.1 Å². The molecule has 0 bridgehead atoms. The molecule has 24 heavy (non-hydrogen) atoms. The third kappa shape index (κ3) is 3.60. The maximum Gasteiger partial charge on any atom is 0.276 e. The Bertz CT molecular complexity index is 869. The van der Waals surface area contributed by atoms with Gasteiger partial charge in [-0.15, -0.1) is 11.3 Å². The minimum absolute atomic E-state index is 0.256. The second kappa shape index (κ2) is 6.80. The van der Waals surface area contributed by atoms with Crippen LogP contribution in [-0.2, 0) is 0 Å². The minimum atomic E-state index is -0.256. The van der Waals surface area contributed by atoms with Crippen LogP contribution in [0.5, 0.6) is 5.75 Å². The first kappa shape index (κ1) is 16.1. The zero-order chi connectivity index (χ0) is 17.1. The van der Waals surface area contributed by atoms with Gasteiger partial charge in [-0.2, -0.15) is 0 Å². The van der Waals surface area contributed by atoms with Gasteiger partial charge in [0.1, 0.15) is 11.4 Å². The van der Waals surface area contributed by atoms with E-state index in [9.17, 15) is 4.79 Å². The summed E-state index contributed by atoms with van der Waals surface area (Å²) in [5.41, 5.74) is 3.95. The van der Waals surface area contributed by atoms with E-state index in [0.29, 0.717) is 10.8 Å². The lowest BCUT2D eigenvalue weighted by Gasteiger charge is -2.04. The normalized spacial score (nSPS) is 10.5. The molecule has 3 rings (SSSR count). The molecule has 1 N–H and O–H groups in total. The SMILES string of the molecule is COc1cccc(-c2csc(NC(=O)c3cc(C)cc(C)n3)n2)c1. The molecular formula is C18H17N3O2S. The quantitative estimate of drug-likeness (QED) is 0.778. The van der Waals surface area contributed by atoms with E-state index in [1.54, 1.807) is 13.2 Å². The number of pyridine rings is 1. The van der Waals surface area contributed by atoms with Crippen molar-refractivity contribution in [3.63, 3.8) is 0 Å². The highest BCUT2D eigenvalue weighted by molar-refractivity contribution is 7.14. The molecule has 0 aliphatic rings. The van der Waals surface area contributed by atoms with Crippen LogP contribution in [0.4, 0.5) is 5.13 Å². The first-order chi connectivity index (χ1) is 11.5. The fraction of sp³-hybridized carbons (Fsp3) is 0.167. The van der Waals surface area contributed by atoms with Crippen molar-refractivity contribution in [2.75, 3.05) is 12.4 Å². The summed E-state index contributed by atoms with van der Waals surface area (Å²) in [7, 11) is 1.63. The van der Waals surface area contributed by atoms with E-state index >= 15 is 0 Å². The molecule has 5 nitrogen and oxygen atoms in total. The van der Waals surface area contributed by atoms with E-state index in [1.165, 1.54) is 11.3 Å². The number of amides is 1. The number of nitrogens with zero attached hydrogens (tertiary/aromatic N) is 2. The van der Waals surface area contributed by atoms with E-state index in [4.69, 9.17) is 4.74 Å². The maximum absolute atomic E-state index is 12.3. The third-order valence-electron chi connectivity index (χ3n) is 3.42. The summed E-state index contributed by atoms with van der Waals surface area (Å²) in [6, 6.07) is 11.3. The molecule has 0 spiro atoms. The topological polar surface area (TPSA) is 64.1 Å². The first-order valence-corrected chi connectivity index (χ1v) is 8.30. The number of carbonyl (C=O) groups excluding carboxylic acids is 1. The van der Waals surface area contributed by atoms with Gasteiger partial charge in [0.05, 0.1) is 12.8 Å². The average Bonchev–Trinajstić information content (AvgIpc) is 3.02. The number of methoxy groups -OCH3 is 1. The highest BCUT2D eigenvalue weighted by Gasteiger charge is 2.12.